The van der Waals surface area contributed by atoms with Crippen molar-refractivity contribution in [2.75, 3.05) is 26.5 Å². The quantitative estimate of drug-likeness (QED) is 0.763. The van der Waals surface area contributed by atoms with Crippen molar-refractivity contribution in [2.24, 2.45) is 5.92 Å². The molecule has 1 fully saturated rings. The molecule has 7 nitrogen and oxygen atoms in total. The molecule has 21 heavy (non-hydrogen) atoms. The molecule has 0 saturated carbocycles. The Morgan fingerprint density at radius 2 is 2.05 bits per heavy atom. The van der Waals surface area contributed by atoms with Crippen molar-refractivity contribution < 1.29 is 24.2 Å². The molecule has 1 aliphatic heterocycles. The molecule has 0 radical (unpaired) electrons. The van der Waals surface area contributed by atoms with E-state index in [1.807, 2.05) is 13.8 Å². The molecule has 0 aliphatic carbocycles. The molecule has 1 heterocycles. The number of nitrogens with zero attached hydrogens (tertiary/aromatic N) is 2. The van der Waals surface area contributed by atoms with Gasteiger partial charge in [-0.1, -0.05) is 13.8 Å². The predicted molar refractivity (Wildman–Crippen MR) is 79.0 cm³/mol. The first-order valence-electron chi connectivity index (χ1n) is 6.74. The van der Waals surface area contributed by atoms with E-state index in [0.29, 0.717) is 5.75 Å². The Balaban J connectivity index is 2.78. The molecule has 2 amide bonds. The number of rotatable bonds is 5. The Hall–Kier alpha value is -1.44. The van der Waals surface area contributed by atoms with Crippen LogP contribution in [-0.4, -0.2) is 70.7 Å². The third-order valence-electron chi connectivity index (χ3n) is 3.32. The summed E-state index contributed by atoms with van der Waals surface area (Å²) >= 11 is 1.48. The molecular weight excluding hydrogens is 296 g/mol. The van der Waals surface area contributed by atoms with Gasteiger partial charge in [-0.15, -0.1) is 11.8 Å². The normalized spacial score (nSPS) is 21.5. The predicted octanol–water partition coefficient (Wildman–Crippen LogP) is 1.09. The van der Waals surface area contributed by atoms with Crippen molar-refractivity contribution in [3.63, 3.8) is 0 Å². The zero-order valence-electron chi connectivity index (χ0n) is 12.7. The summed E-state index contributed by atoms with van der Waals surface area (Å²) in [5.41, 5.74) is 0. The number of carboxylic acid groups (broad SMARTS) is 1. The van der Waals surface area contributed by atoms with Crippen LogP contribution in [0.15, 0.2) is 0 Å². The average molecular weight is 318 g/mol. The van der Waals surface area contributed by atoms with Gasteiger partial charge in [0.15, 0.2) is 0 Å². The summed E-state index contributed by atoms with van der Waals surface area (Å²) in [4.78, 5) is 37.7. The molecule has 0 spiro atoms. The zero-order chi connectivity index (χ0) is 16.2. The highest BCUT2D eigenvalue weighted by Crippen LogP contribution is 2.34. The van der Waals surface area contributed by atoms with E-state index < -0.39 is 18.0 Å². The SMILES string of the molecule is COC(=O)CCN(C)C(=O)N1C(C(=O)O)CSC1C(C)C. The fourth-order valence-corrected chi connectivity index (χ4v) is 3.59. The van der Waals surface area contributed by atoms with Crippen LogP contribution in [0.4, 0.5) is 4.79 Å². The van der Waals surface area contributed by atoms with Crippen molar-refractivity contribution in [3.8, 4) is 0 Å². The topological polar surface area (TPSA) is 87.2 Å². The van der Waals surface area contributed by atoms with Crippen LogP contribution < -0.4 is 0 Å². The summed E-state index contributed by atoms with van der Waals surface area (Å²) in [7, 11) is 2.85. The average Bonchev–Trinajstić information content (AvgIpc) is 2.88. The van der Waals surface area contributed by atoms with E-state index in [0.717, 1.165) is 0 Å². The maximum Gasteiger partial charge on any atom is 0.327 e. The van der Waals surface area contributed by atoms with Gasteiger partial charge in [-0.3, -0.25) is 9.69 Å². The van der Waals surface area contributed by atoms with Crippen molar-refractivity contribution in [3.05, 3.63) is 0 Å². The molecule has 1 saturated heterocycles. The number of hydrogen-bond donors (Lipinski definition) is 1. The standard InChI is InChI=1S/C13H22N2O5S/c1-8(2)11-15(9(7-21-11)12(17)18)13(19)14(3)6-5-10(16)20-4/h8-9,11H,5-7H2,1-4H3,(H,17,18). The Morgan fingerprint density at radius 1 is 1.43 bits per heavy atom. The van der Waals surface area contributed by atoms with Gasteiger partial charge in [-0.05, 0) is 5.92 Å². The Labute approximate surface area is 128 Å². The summed E-state index contributed by atoms with van der Waals surface area (Å²) in [6.45, 7) is 4.11. The largest absolute Gasteiger partial charge is 0.480 e. The van der Waals surface area contributed by atoms with E-state index in [-0.39, 0.29) is 30.3 Å². The van der Waals surface area contributed by atoms with E-state index in [2.05, 4.69) is 4.74 Å². The Morgan fingerprint density at radius 3 is 2.52 bits per heavy atom. The van der Waals surface area contributed by atoms with Crippen LogP contribution in [-0.2, 0) is 14.3 Å². The molecule has 0 aromatic carbocycles. The van der Waals surface area contributed by atoms with Gasteiger partial charge in [-0.25, -0.2) is 9.59 Å². The number of thioether (sulfide) groups is 1. The van der Waals surface area contributed by atoms with Crippen molar-refractivity contribution in [1.29, 1.82) is 0 Å². The van der Waals surface area contributed by atoms with E-state index in [9.17, 15) is 19.5 Å². The lowest BCUT2D eigenvalue weighted by atomic mass is 10.1. The number of amides is 2. The van der Waals surface area contributed by atoms with E-state index in [1.54, 1.807) is 7.05 Å². The maximum absolute atomic E-state index is 12.5. The highest BCUT2D eigenvalue weighted by atomic mass is 32.2. The van der Waals surface area contributed by atoms with E-state index >= 15 is 0 Å². The minimum absolute atomic E-state index is 0.0871. The number of aliphatic carboxylic acids is 1. The molecule has 1 aliphatic rings. The van der Waals surface area contributed by atoms with E-state index in [1.165, 1.54) is 28.7 Å². The summed E-state index contributed by atoms with van der Waals surface area (Å²) in [6.07, 6.45) is 0.0871. The molecule has 1 N–H and O–H groups in total. The lowest BCUT2D eigenvalue weighted by Crippen LogP contribution is -2.52. The number of methoxy groups -OCH3 is 1. The second-order valence-electron chi connectivity index (χ2n) is 5.26. The third-order valence-corrected chi connectivity index (χ3v) is 4.94. The minimum atomic E-state index is -1.000. The zero-order valence-corrected chi connectivity index (χ0v) is 13.6. The summed E-state index contributed by atoms with van der Waals surface area (Å²) < 4.78 is 4.54. The van der Waals surface area contributed by atoms with Crippen LogP contribution in [0.3, 0.4) is 0 Å². The molecule has 0 bridgehead atoms. The number of hydrogen-bond acceptors (Lipinski definition) is 5. The van der Waals surface area contributed by atoms with Crippen LogP contribution in [0.1, 0.15) is 20.3 Å². The van der Waals surface area contributed by atoms with Gasteiger partial charge in [0.05, 0.1) is 18.9 Å². The second kappa shape index (κ2) is 7.53. The van der Waals surface area contributed by atoms with Crippen LogP contribution >= 0.6 is 11.8 Å². The molecule has 2 atom stereocenters. The molecule has 1 rings (SSSR count). The number of carbonyl (C=O) groups excluding carboxylic acids is 2. The third kappa shape index (κ3) is 4.26. The highest BCUT2D eigenvalue weighted by Gasteiger charge is 2.43. The number of ether oxygens (including phenoxy) is 1. The van der Waals surface area contributed by atoms with Gasteiger partial charge in [0, 0.05) is 19.3 Å². The molecule has 0 aromatic heterocycles. The fourth-order valence-electron chi connectivity index (χ4n) is 2.13. The van der Waals surface area contributed by atoms with Crippen LogP contribution in [0.2, 0.25) is 0 Å². The molecule has 120 valence electrons. The van der Waals surface area contributed by atoms with Crippen LogP contribution in [0.25, 0.3) is 0 Å². The minimum Gasteiger partial charge on any atom is -0.480 e. The lowest BCUT2D eigenvalue weighted by molar-refractivity contribution is -0.142. The summed E-state index contributed by atoms with van der Waals surface area (Å²) in [5.74, 6) is -0.868. The molecular formula is C13H22N2O5S. The van der Waals surface area contributed by atoms with Crippen molar-refractivity contribution in [2.45, 2.75) is 31.7 Å². The molecule has 8 heteroatoms. The Bertz CT molecular complexity index is 415. The van der Waals surface area contributed by atoms with E-state index in [4.69, 9.17) is 0 Å². The van der Waals surface area contributed by atoms with Gasteiger partial charge in [0.25, 0.3) is 0 Å². The van der Waals surface area contributed by atoms with Gasteiger partial charge < -0.3 is 14.7 Å². The van der Waals surface area contributed by atoms with Crippen LogP contribution in [0.5, 0.6) is 0 Å². The van der Waals surface area contributed by atoms with Gasteiger partial charge in [0.1, 0.15) is 6.04 Å². The monoisotopic (exact) mass is 318 g/mol. The smallest absolute Gasteiger partial charge is 0.327 e. The summed E-state index contributed by atoms with van der Waals surface area (Å²) in [6, 6.07) is -1.19. The van der Waals surface area contributed by atoms with Gasteiger partial charge in [-0.2, -0.15) is 0 Å². The lowest BCUT2D eigenvalue weighted by Gasteiger charge is -2.33. The Kier molecular flexibility index (Phi) is 6.32. The van der Waals surface area contributed by atoms with Gasteiger partial charge >= 0.3 is 18.0 Å². The second-order valence-corrected chi connectivity index (χ2v) is 6.41. The fraction of sp³-hybridized carbons (Fsp3) is 0.769. The highest BCUT2D eigenvalue weighted by molar-refractivity contribution is 8.00. The number of urea groups is 1. The number of esters is 1. The number of carbonyl (C=O) groups is 3. The molecule has 0 aromatic rings. The van der Waals surface area contributed by atoms with Crippen LogP contribution in [0, 0.1) is 5.92 Å². The first kappa shape index (κ1) is 17.6. The number of carboxylic acids is 1. The summed E-state index contributed by atoms with van der Waals surface area (Å²) in [5, 5.41) is 9.10. The first-order chi connectivity index (χ1) is 9.79. The first-order valence-corrected chi connectivity index (χ1v) is 7.79. The van der Waals surface area contributed by atoms with Gasteiger partial charge in [0.2, 0.25) is 0 Å². The van der Waals surface area contributed by atoms with Crippen molar-refractivity contribution in [1.82, 2.24) is 9.80 Å². The maximum atomic E-state index is 12.5. The van der Waals surface area contributed by atoms with Crippen molar-refractivity contribution >= 4 is 29.7 Å². The molecule has 2 unspecified atom stereocenters.